The lowest BCUT2D eigenvalue weighted by Gasteiger charge is -2.33. The molecule has 150 valence electrons. The smallest absolute Gasteiger partial charge is 0.410 e. The van der Waals surface area contributed by atoms with E-state index in [4.69, 9.17) is 4.74 Å². The molecular weight excluding hydrogens is 363 g/mol. The van der Waals surface area contributed by atoms with E-state index in [-0.39, 0.29) is 18.4 Å². The summed E-state index contributed by atoms with van der Waals surface area (Å²) in [5.41, 5.74) is 0.0877. The Kier molecular flexibility index (Phi) is 5.67. The van der Waals surface area contributed by atoms with Crippen LogP contribution in [0.25, 0.3) is 5.69 Å². The number of nitrogens with zero attached hydrogens (tertiary/aromatic N) is 3. The molecule has 0 aliphatic carbocycles. The molecule has 2 amide bonds. The van der Waals surface area contributed by atoms with Crippen LogP contribution in [-0.4, -0.2) is 45.4 Å². The van der Waals surface area contributed by atoms with Gasteiger partial charge in [-0.05, 0) is 57.9 Å². The first-order chi connectivity index (χ1) is 13.2. The standard InChI is InChI=1S/C20H25FN4O3/c1-20(2,3)28-19(27)24-10-4-6-14(13-24)18(26)23-15-7-8-17(16(21)12-15)25-11-5-9-22-25/h5,7-9,11-12,14H,4,6,10,13H2,1-3H3,(H,23,26). The third kappa shape index (κ3) is 4.88. The summed E-state index contributed by atoms with van der Waals surface area (Å²) in [7, 11) is 0. The number of hydrogen-bond donors (Lipinski definition) is 1. The Morgan fingerprint density at radius 1 is 1.32 bits per heavy atom. The number of ether oxygens (including phenoxy) is 1. The van der Waals surface area contributed by atoms with Gasteiger partial charge in [-0.25, -0.2) is 13.9 Å². The number of aromatic nitrogens is 2. The molecular formula is C20H25FN4O3. The molecule has 0 radical (unpaired) electrons. The number of likely N-dealkylation sites (tertiary alicyclic amines) is 1. The van der Waals surface area contributed by atoms with E-state index in [1.165, 1.54) is 10.7 Å². The molecule has 0 saturated carbocycles. The van der Waals surface area contributed by atoms with Gasteiger partial charge in [0, 0.05) is 31.2 Å². The quantitative estimate of drug-likeness (QED) is 0.872. The number of amides is 2. The number of carbonyl (C=O) groups is 2. The van der Waals surface area contributed by atoms with Gasteiger partial charge in [-0.15, -0.1) is 0 Å². The maximum atomic E-state index is 14.3. The Bertz CT molecular complexity index is 846. The molecule has 1 atom stereocenters. The van der Waals surface area contributed by atoms with E-state index in [0.717, 1.165) is 0 Å². The molecule has 0 spiro atoms. The van der Waals surface area contributed by atoms with Crippen molar-refractivity contribution in [1.82, 2.24) is 14.7 Å². The minimum atomic E-state index is -0.583. The van der Waals surface area contributed by atoms with Crippen LogP contribution < -0.4 is 5.32 Å². The van der Waals surface area contributed by atoms with Gasteiger partial charge in [-0.2, -0.15) is 5.10 Å². The highest BCUT2D eigenvalue weighted by atomic mass is 19.1. The second-order valence-corrected chi connectivity index (χ2v) is 7.87. The number of hydrogen-bond acceptors (Lipinski definition) is 4. The van der Waals surface area contributed by atoms with Crippen molar-refractivity contribution < 1.29 is 18.7 Å². The van der Waals surface area contributed by atoms with Gasteiger partial charge in [-0.1, -0.05) is 0 Å². The molecule has 1 aliphatic heterocycles. The minimum absolute atomic E-state index is 0.237. The number of anilines is 1. The zero-order valence-electron chi connectivity index (χ0n) is 16.3. The normalized spacial score (nSPS) is 17.3. The van der Waals surface area contributed by atoms with Crippen LogP contribution in [0.3, 0.4) is 0 Å². The highest BCUT2D eigenvalue weighted by Gasteiger charge is 2.31. The summed E-state index contributed by atoms with van der Waals surface area (Å²) in [5.74, 6) is -1.09. The lowest BCUT2D eigenvalue weighted by Crippen LogP contribution is -2.45. The van der Waals surface area contributed by atoms with E-state index >= 15 is 0 Å². The predicted molar refractivity (Wildman–Crippen MR) is 103 cm³/mol. The van der Waals surface area contributed by atoms with E-state index in [9.17, 15) is 14.0 Å². The summed E-state index contributed by atoms with van der Waals surface area (Å²) in [4.78, 5) is 26.4. The molecule has 3 rings (SSSR count). The largest absolute Gasteiger partial charge is 0.444 e. The van der Waals surface area contributed by atoms with Crippen molar-refractivity contribution in [3.8, 4) is 5.69 Å². The summed E-state index contributed by atoms with van der Waals surface area (Å²) < 4.78 is 21.2. The van der Waals surface area contributed by atoms with E-state index in [1.54, 1.807) is 56.3 Å². The summed E-state index contributed by atoms with van der Waals surface area (Å²) in [6, 6.07) is 6.16. The lowest BCUT2D eigenvalue weighted by molar-refractivity contribution is -0.121. The van der Waals surface area contributed by atoms with Crippen LogP contribution >= 0.6 is 0 Å². The van der Waals surface area contributed by atoms with Gasteiger partial charge in [0.15, 0.2) is 5.82 Å². The molecule has 2 heterocycles. The van der Waals surface area contributed by atoms with Crippen molar-refractivity contribution in [3.63, 3.8) is 0 Å². The molecule has 28 heavy (non-hydrogen) atoms. The van der Waals surface area contributed by atoms with Gasteiger partial charge in [0.1, 0.15) is 11.3 Å². The fraction of sp³-hybridized carbons (Fsp3) is 0.450. The topological polar surface area (TPSA) is 76.5 Å². The second-order valence-electron chi connectivity index (χ2n) is 7.87. The molecule has 1 aromatic heterocycles. The Labute approximate surface area is 163 Å². The molecule has 1 aliphatic rings. The van der Waals surface area contributed by atoms with Crippen LogP contribution in [0.15, 0.2) is 36.7 Å². The molecule has 7 nitrogen and oxygen atoms in total. The first-order valence-corrected chi connectivity index (χ1v) is 9.31. The number of benzene rings is 1. The van der Waals surface area contributed by atoms with Gasteiger partial charge in [0.2, 0.25) is 5.91 Å². The minimum Gasteiger partial charge on any atom is -0.444 e. The Balaban J connectivity index is 1.63. The van der Waals surface area contributed by atoms with E-state index in [0.29, 0.717) is 30.8 Å². The Morgan fingerprint density at radius 2 is 2.11 bits per heavy atom. The first-order valence-electron chi connectivity index (χ1n) is 9.31. The van der Waals surface area contributed by atoms with Gasteiger partial charge < -0.3 is 15.0 Å². The van der Waals surface area contributed by atoms with Gasteiger partial charge in [-0.3, -0.25) is 4.79 Å². The van der Waals surface area contributed by atoms with Gasteiger partial charge in [0.25, 0.3) is 0 Å². The van der Waals surface area contributed by atoms with Crippen LogP contribution in [0.5, 0.6) is 0 Å². The zero-order valence-corrected chi connectivity index (χ0v) is 16.3. The van der Waals surface area contributed by atoms with E-state index < -0.39 is 17.5 Å². The van der Waals surface area contributed by atoms with E-state index in [2.05, 4.69) is 10.4 Å². The fourth-order valence-corrected chi connectivity index (χ4v) is 3.11. The zero-order chi connectivity index (χ0) is 20.3. The Morgan fingerprint density at radius 3 is 2.75 bits per heavy atom. The average Bonchev–Trinajstić information content (AvgIpc) is 3.15. The first kappa shape index (κ1) is 19.9. The van der Waals surface area contributed by atoms with Gasteiger partial charge >= 0.3 is 6.09 Å². The number of rotatable bonds is 3. The molecule has 1 unspecified atom stereocenters. The number of nitrogens with one attached hydrogen (secondary N) is 1. The van der Waals surface area contributed by atoms with Crippen LogP contribution in [0, 0.1) is 11.7 Å². The molecule has 1 aromatic carbocycles. The summed E-state index contributed by atoms with van der Waals surface area (Å²) in [6.07, 6.45) is 4.17. The number of carbonyl (C=O) groups excluding carboxylic acids is 2. The maximum Gasteiger partial charge on any atom is 0.410 e. The molecule has 1 saturated heterocycles. The summed E-state index contributed by atoms with van der Waals surface area (Å²) in [5, 5.41) is 6.75. The SMILES string of the molecule is CC(C)(C)OC(=O)N1CCCC(C(=O)Nc2ccc(-n3cccn3)c(F)c2)C1. The number of halogens is 1. The average molecular weight is 388 g/mol. The Hall–Kier alpha value is -2.90. The van der Waals surface area contributed by atoms with Crippen LogP contribution in [0.4, 0.5) is 14.9 Å². The van der Waals surface area contributed by atoms with Crippen molar-refractivity contribution in [1.29, 1.82) is 0 Å². The second kappa shape index (κ2) is 8.00. The van der Waals surface area contributed by atoms with E-state index in [1.807, 2.05) is 0 Å². The molecule has 8 heteroatoms. The fourth-order valence-electron chi connectivity index (χ4n) is 3.11. The molecule has 0 bridgehead atoms. The van der Waals surface area contributed by atoms with Crippen molar-refractivity contribution >= 4 is 17.7 Å². The van der Waals surface area contributed by atoms with Crippen LogP contribution in [0.1, 0.15) is 33.6 Å². The monoisotopic (exact) mass is 388 g/mol. The summed E-state index contributed by atoms with van der Waals surface area (Å²) >= 11 is 0. The van der Waals surface area contributed by atoms with Gasteiger partial charge in [0.05, 0.1) is 5.92 Å². The van der Waals surface area contributed by atoms with Crippen LogP contribution in [-0.2, 0) is 9.53 Å². The maximum absolute atomic E-state index is 14.3. The highest BCUT2D eigenvalue weighted by Crippen LogP contribution is 2.22. The molecule has 1 fully saturated rings. The van der Waals surface area contributed by atoms with Crippen molar-refractivity contribution in [3.05, 3.63) is 42.5 Å². The third-order valence-electron chi connectivity index (χ3n) is 4.41. The predicted octanol–water partition coefficient (Wildman–Crippen LogP) is 3.60. The van der Waals surface area contributed by atoms with Crippen molar-refractivity contribution in [2.24, 2.45) is 5.92 Å². The summed E-state index contributed by atoms with van der Waals surface area (Å²) in [6.45, 7) is 6.27. The molecule has 1 N–H and O–H groups in total. The van der Waals surface area contributed by atoms with Crippen molar-refractivity contribution in [2.45, 2.75) is 39.2 Å². The third-order valence-corrected chi connectivity index (χ3v) is 4.41. The highest BCUT2D eigenvalue weighted by molar-refractivity contribution is 5.93. The lowest BCUT2D eigenvalue weighted by atomic mass is 9.97. The molecule has 2 aromatic rings. The number of piperidine rings is 1. The van der Waals surface area contributed by atoms with Crippen molar-refractivity contribution in [2.75, 3.05) is 18.4 Å². The van der Waals surface area contributed by atoms with Crippen LogP contribution in [0.2, 0.25) is 0 Å².